The molecule has 0 fully saturated rings. The van der Waals surface area contributed by atoms with Crippen LogP contribution >= 0.6 is 0 Å². The van der Waals surface area contributed by atoms with Gasteiger partial charge in [0.15, 0.2) is 0 Å². The third kappa shape index (κ3) is 2.39. The van der Waals surface area contributed by atoms with E-state index in [1.807, 2.05) is 0 Å². The van der Waals surface area contributed by atoms with Crippen molar-refractivity contribution in [2.75, 3.05) is 13.3 Å². The standard InChI is InChI=1S/C4H9NOS/c1-4-7(3,6)5-2/h4H,1H2,2-3H3. The maximum Gasteiger partial charge on any atom is 0.0645 e. The summed E-state index contributed by atoms with van der Waals surface area (Å²) in [5.41, 5.74) is 0. The van der Waals surface area contributed by atoms with E-state index in [1.165, 1.54) is 12.5 Å². The zero-order chi connectivity index (χ0) is 5.91. The van der Waals surface area contributed by atoms with Crippen molar-refractivity contribution in [1.82, 2.24) is 0 Å². The van der Waals surface area contributed by atoms with Gasteiger partial charge in [0.25, 0.3) is 0 Å². The molecule has 0 N–H and O–H groups in total. The Morgan fingerprint density at radius 1 is 1.86 bits per heavy atom. The van der Waals surface area contributed by atoms with Crippen LogP contribution in [0, 0.1) is 0 Å². The van der Waals surface area contributed by atoms with Crippen molar-refractivity contribution in [3.05, 3.63) is 12.0 Å². The van der Waals surface area contributed by atoms with E-state index in [2.05, 4.69) is 10.9 Å². The van der Waals surface area contributed by atoms with Crippen LogP contribution < -0.4 is 0 Å². The summed E-state index contributed by atoms with van der Waals surface area (Å²) in [5, 5.41) is 1.35. The third-order valence-corrected chi connectivity index (χ3v) is 2.02. The molecular weight excluding hydrogens is 110 g/mol. The van der Waals surface area contributed by atoms with Gasteiger partial charge in [0.1, 0.15) is 0 Å². The molecule has 0 radical (unpaired) electrons. The van der Waals surface area contributed by atoms with Crippen molar-refractivity contribution >= 4 is 9.73 Å². The van der Waals surface area contributed by atoms with E-state index in [-0.39, 0.29) is 0 Å². The molecule has 42 valence electrons. The normalized spacial score (nSPS) is 17.4. The van der Waals surface area contributed by atoms with Gasteiger partial charge in [-0.2, -0.15) is 0 Å². The minimum absolute atomic E-state index is 1.35. The molecule has 0 rings (SSSR count). The lowest BCUT2D eigenvalue weighted by Gasteiger charge is -1.86. The van der Waals surface area contributed by atoms with E-state index in [9.17, 15) is 4.21 Å². The van der Waals surface area contributed by atoms with Gasteiger partial charge in [0, 0.05) is 18.7 Å². The zero-order valence-corrected chi connectivity index (χ0v) is 5.36. The van der Waals surface area contributed by atoms with Crippen molar-refractivity contribution in [2.45, 2.75) is 0 Å². The van der Waals surface area contributed by atoms with Crippen LogP contribution in [0.1, 0.15) is 0 Å². The molecule has 0 aliphatic heterocycles. The summed E-state index contributed by atoms with van der Waals surface area (Å²) in [6.45, 7) is 3.33. The summed E-state index contributed by atoms with van der Waals surface area (Å²) < 4.78 is 14.2. The molecule has 0 aliphatic rings. The minimum atomic E-state index is -2.02. The minimum Gasteiger partial charge on any atom is -0.246 e. The second-order valence-electron chi connectivity index (χ2n) is 1.21. The smallest absolute Gasteiger partial charge is 0.0645 e. The summed E-state index contributed by atoms with van der Waals surface area (Å²) in [5.74, 6) is 0. The molecular formula is C4H9NOS. The van der Waals surface area contributed by atoms with Crippen LogP contribution in [0.4, 0.5) is 0 Å². The monoisotopic (exact) mass is 119 g/mol. The summed E-state index contributed by atoms with van der Waals surface area (Å²) in [4.78, 5) is 0. The maximum absolute atomic E-state index is 10.6. The zero-order valence-electron chi connectivity index (χ0n) is 4.55. The van der Waals surface area contributed by atoms with Gasteiger partial charge in [0.2, 0.25) is 0 Å². The van der Waals surface area contributed by atoms with Gasteiger partial charge >= 0.3 is 0 Å². The fourth-order valence-corrected chi connectivity index (χ4v) is 0.224. The second kappa shape index (κ2) is 2.12. The first-order chi connectivity index (χ1) is 3.12. The van der Waals surface area contributed by atoms with Crippen molar-refractivity contribution in [1.29, 1.82) is 0 Å². The fraction of sp³-hybridized carbons (Fsp3) is 0.500. The second-order valence-corrected chi connectivity index (χ2v) is 3.63. The quantitative estimate of drug-likeness (QED) is 0.503. The largest absolute Gasteiger partial charge is 0.246 e. The first-order valence-corrected chi connectivity index (χ1v) is 3.84. The fourth-order valence-electron chi connectivity index (χ4n) is 0.0745. The SMILES string of the molecule is C=CS(C)(=O)=NC. The number of rotatable bonds is 1. The number of hydrogen-bond donors (Lipinski definition) is 0. The van der Waals surface area contributed by atoms with E-state index in [1.54, 1.807) is 6.26 Å². The number of hydrogen-bond acceptors (Lipinski definition) is 2. The maximum atomic E-state index is 10.6. The van der Waals surface area contributed by atoms with Gasteiger partial charge in [0.05, 0.1) is 9.73 Å². The van der Waals surface area contributed by atoms with Gasteiger partial charge in [-0.3, -0.25) is 0 Å². The molecule has 7 heavy (non-hydrogen) atoms. The first kappa shape index (κ1) is 6.69. The van der Waals surface area contributed by atoms with Crippen molar-refractivity contribution in [3.63, 3.8) is 0 Å². The van der Waals surface area contributed by atoms with E-state index >= 15 is 0 Å². The van der Waals surface area contributed by atoms with Gasteiger partial charge in [-0.1, -0.05) is 6.58 Å². The average Bonchev–Trinajstić information content (AvgIpc) is 1.68. The van der Waals surface area contributed by atoms with Crippen molar-refractivity contribution < 1.29 is 4.21 Å². The predicted molar refractivity (Wildman–Crippen MR) is 32.6 cm³/mol. The highest BCUT2D eigenvalue weighted by atomic mass is 32.2. The Morgan fingerprint density at radius 2 is 2.29 bits per heavy atom. The summed E-state index contributed by atoms with van der Waals surface area (Å²) in [6.07, 6.45) is 1.54. The third-order valence-electron chi connectivity index (χ3n) is 0.672. The molecule has 1 atom stereocenters. The highest BCUT2D eigenvalue weighted by molar-refractivity contribution is 7.95. The molecule has 2 nitrogen and oxygen atoms in total. The molecule has 0 heterocycles. The van der Waals surface area contributed by atoms with Crippen LogP contribution in [0.25, 0.3) is 0 Å². The van der Waals surface area contributed by atoms with Crippen LogP contribution in [0.15, 0.2) is 16.3 Å². The molecule has 0 aromatic carbocycles. The Balaban J connectivity index is 4.50. The molecule has 1 unspecified atom stereocenters. The Morgan fingerprint density at radius 3 is 2.29 bits per heavy atom. The lowest BCUT2D eigenvalue weighted by molar-refractivity contribution is 0.685. The summed E-state index contributed by atoms with van der Waals surface area (Å²) in [6, 6.07) is 0. The molecule has 0 saturated carbocycles. The molecule has 0 aliphatic carbocycles. The van der Waals surface area contributed by atoms with Gasteiger partial charge < -0.3 is 0 Å². The Labute approximate surface area is 44.4 Å². The molecule has 3 heteroatoms. The molecule has 0 amide bonds. The van der Waals surface area contributed by atoms with Crippen LogP contribution in [0.2, 0.25) is 0 Å². The number of nitrogens with zero attached hydrogens (tertiary/aromatic N) is 1. The average molecular weight is 119 g/mol. The molecule has 0 saturated heterocycles. The van der Waals surface area contributed by atoms with E-state index in [0.717, 1.165) is 0 Å². The highest BCUT2D eigenvalue weighted by Crippen LogP contribution is 1.85. The Hall–Kier alpha value is -0.310. The van der Waals surface area contributed by atoms with Crippen LogP contribution in [0.3, 0.4) is 0 Å². The lowest BCUT2D eigenvalue weighted by Crippen LogP contribution is -1.85. The van der Waals surface area contributed by atoms with Crippen LogP contribution in [0.5, 0.6) is 0 Å². The highest BCUT2D eigenvalue weighted by Gasteiger charge is 1.83. The van der Waals surface area contributed by atoms with Gasteiger partial charge in [-0.25, -0.2) is 8.57 Å². The van der Waals surface area contributed by atoms with E-state index in [0.29, 0.717) is 0 Å². The Bertz CT molecular complexity index is 165. The van der Waals surface area contributed by atoms with E-state index < -0.39 is 9.73 Å². The lowest BCUT2D eigenvalue weighted by atomic mass is 11.3. The molecule has 0 aromatic heterocycles. The molecule has 0 aromatic rings. The van der Waals surface area contributed by atoms with Crippen molar-refractivity contribution in [2.24, 2.45) is 4.36 Å². The van der Waals surface area contributed by atoms with E-state index in [4.69, 9.17) is 0 Å². The predicted octanol–water partition coefficient (Wildman–Crippen LogP) is 0.858. The van der Waals surface area contributed by atoms with Crippen molar-refractivity contribution in [3.8, 4) is 0 Å². The topological polar surface area (TPSA) is 29.4 Å². The van der Waals surface area contributed by atoms with Gasteiger partial charge in [-0.05, 0) is 0 Å². The summed E-state index contributed by atoms with van der Waals surface area (Å²) in [7, 11) is -0.501. The molecule has 0 spiro atoms. The molecule has 0 bridgehead atoms. The van der Waals surface area contributed by atoms with Crippen LogP contribution in [-0.4, -0.2) is 17.5 Å². The Kier molecular flexibility index (Phi) is 2.02. The van der Waals surface area contributed by atoms with Gasteiger partial charge in [-0.15, -0.1) is 0 Å². The summed E-state index contributed by atoms with van der Waals surface area (Å²) >= 11 is 0. The first-order valence-electron chi connectivity index (χ1n) is 1.85. The van der Waals surface area contributed by atoms with Crippen LogP contribution in [-0.2, 0) is 9.73 Å².